The first-order valence-electron chi connectivity index (χ1n) is 11.9. The fourth-order valence-electron chi connectivity index (χ4n) is 4.20. The van der Waals surface area contributed by atoms with Crippen LogP contribution in [0.1, 0.15) is 49.7 Å². The molecule has 3 rings (SSSR count). The van der Waals surface area contributed by atoms with Crippen LogP contribution in [0.15, 0.2) is 61.2 Å². The molecule has 2 aromatic rings. The van der Waals surface area contributed by atoms with Gasteiger partial charge < -0.3 is 20.9 Å². The van der Waals surface area contributed by atoms with Gasteiger partial charge in [0.1, 0.15) is 5.75 Å². The fraction of sp³-hybridized carbons (Fsp3) is 0.357. The number of nitrogens with two attached hydrogens (primary N) is 2. The Hall–Kier alpha value is -3.54. The number of ether oxygens (including phenoxy) is 2. The number of hydrogen-bond donors (Lipinski definition) is 2. The van der Waals surface area contributed by atoms with Gasteiger partial charge in [0.15, 0.2) is 0 Å². The molecule has 6 heteroatoms. The highest BCUT2D eigenvalue weighted by Gasteiger charge is 2.27. The van der Waals surface area contributed by atoms with E-state index in [2.05, 4.69) is 6.58 Å². The van der Waals surface area contributed by atoms with Crippen LogP contribution in [0.4, 0.5) is 11.4 Å². The van der Waals surface area contributed by atoms with Gasteiger partial charge in [0.2, 0.25) is 0 Å². The molecule has 0 aliphatic heterocycles. The van der Waals surface area contributed by atoms with Crippen molar-refractivity contribution in [3.63, 3.8) is 0 Å². The summed E-state index contributed by atoms with van der Waals surface area (Å²) in [5, 5.41) is 0. The molecule has 1 saturated carbocycles. The maximum absolute atomic E-state index is 12.5. The Kier molecular flexibility index (Phi) is 9.32. The lowest BCUT2D eigenvalue weighted by Gasteiger charge is -2.26. The van der Waals surface area contributed by atoms with Gasteiger partial charge in [0.25, 0.3) is 0 Å². The first kappa shape index (κ1) is 25.1. The smallest absolute Gasteiger partial charge is 0.330 e. The average Bonchev–Trinajstić information content (AvgIpc) is 2.84. The summed E-state index contributed by atoms with van der Waals surface area (Å²) in [4.78, 5) is 24.5. The van der Waals surface area contributed by atoms with Gasteiger partial charge in [-0.15, -0.1) is 6.58 Å². The van der Waals surface area contributed by atoms with E-state index < -0.39 is 5.97 Å². The van der Waals surface area contributed by atoms with Gasteiger partial charge in [-0.1, -0.05) is 18.2 Å². The van der Waals surface area contributed by atoms with Crippen LogP contribution >= 0.6 is 0 Å². The molecule has 4 N–H and O–H groups in total. The Labute approximate surface area is 201 Å². The van der Waals surface area contributed by atoms with E-state index in [0.717, 1.165) is 49.7 Å². The third kappa shape index (κ3) is 7.80. The van der Waals surface area contributed by atoms with Crippen molar-refractivity contribution >= 4 is 29.4 Å². The van der Waals surface area contributed by atoms with Crippen molar-refractivity contribution in [2.45, 2.75) is 44.9 Å². The van der Waals surface area contributed by atoms with Gasteiger partial charge in [-0.05, 0) is 92.0 Å². The number of allylic oxidation sites excluding steroid dienone is 1. The topological polar surface area (TPSA) is 105 Å². The van der Waals surface area contributed by atoms with E-state index in [0.29, 0.717) is 29.5 Å². The highest BCUT2D eigenvalue weighted by molar-refractivity contribution is 5.87. The summed E-state index contributed by atoms with van der Waals surface area (Å²) in [6, 6.07) is 12.3. The minimum absolute atomic E-state index is 0.0306. The highest BCUT2D eigenvalue weighted by Crippen LogP contribution is 2.32. The lowest BCUT2D eigenvalue weighted by atomic mass is 9.80. The van der Waals surface area contributed by atoms with E-state index in [1.54, 1.807) is 48.5 Å². The third-order valence-corrected chi connectivity index (χ3v) is 6.25. The van der Waals surface area contributed by atoms with Gasteiger partial charge in [0.05, 0.1) is 12.5 Å². The maximum Gasteiger partial charge on any atom is 0.330 e. The number of rotatable bonds is 10. The maximum atomic E-state index is 12.5. The van der Waals surface area contributed by atoms with Gasteiger partial charge in [-0.25, -0.2) is 4.79 Å². The lowest BCUT2D eigenvalue weighted by molar-refractivity contribution is -0.140. The van der Waals surface area contributed by atoms with Crippen LogP contribution in [-0.4, -0.2) is 18.5 Å². The normalized spacial score (nSPS) is 17.9. The molecule has 0 bridgehead atoms. The Morgan fingerprint density at radius 1 is 1.03 bits per heavy atom. The molecular formula is C28H34N2O4. The van der Waals surface area contributed by atoms with Gasteiger partial charge in [-0.2, -0.15) is 0 Å². The van der Waals surface area contributed by atoms with Crippen molar-refractivity contribution < 1.29 is 19.1 Å². The molecule has 0 heterocycles. The Morgan fingerprint density at radius 3 is 2.47 bits per heavy atom. The second kappa shape index (κ2) is 12.6. The second-order valence-corrected chi connectivity index (χ2v) is 8.78. The number of anilines is 2. The van der Waals surface area contributed by atoms with Crippen molar-refractivity contribution in [3.8, 4) is 5.75 Å². The van der Waals surface area contributed by atoms with Crippen molar-refractivity contribution in [2.24, 2.45) is 11.8 Å². The monoisotopic (exact) mass is 462 g/mol. The predicted molar refractivity (Wildman–Crippen MR) is 136 cm³/mol. The quantitative estimate of drug-likeness (QED) is 0.163. The number of nitrogen functional groups attached to an aromatic ring is 2. The summed E-state index contributed by atoms with van der Waals surface area (Å²) in [5.74, 6) is 0.571. The van der Waals surface area contributed by atoms with Crippen molar-refractivity contribution in [1.29, 1.82) is 0 Å². The molecule has 0 saturated heterocycles. The van der Waals surface area contributed by atoms with Crippen molar-refractivity contribution in [2.75, 3.05) is 18.1 Å². The van der Waals surface area contributed by atoms with Gasteiger partial charge in [-0.3, -0.25) is 4.79 Å². The van der Waals surface area contributed by atoms with E-state index in [1.807, 2.05) is 6.08 Å². The van der Waals surface area contributed by atoms with Crippen LogP contribution in [0.2, 0.25) is 0 Å². The van der Waals surface area contributed by atoms with E-state index in [1.165, 1.54) is 6.08 Å². The van der Waals surface area contributed by atoms with Crippen LogP contribution in [0, 0.1) is 11.8 Å². The molecule has 1 aliphatic rings. The SMILES string of the molecule is C=CCCC1CCC(C(=O)Oc2ccc(/C=C/C(=O)OCCc3cc(N)ccc3N)cc2)CC1. The summed E-state index contributed by atoms with van der Waals surface area (Å²) in [6.07, 6.45) is 11.6. The molecule has 0 amide bonds. The summed E-state index contributed by atoms with van der Waals surface area (Å²) < 4.78 is 10.8. The molecule has 1 fully saturated rings. The van der Waals surface area contributed by atoms with Crippen LogP contribution in [0.5, 0.6) is 5.75 Å². The van der Waals surface area contributed by atoms with Crippen molar-refractivity contribution in [1.82, 2.24) is 0 Å². The molecule has 0 radical (unpaired) electrons. The van der Waals surface area contributed by atoms with E-state index in [4.69, 9.17) is 20.9 Å². The number of carbonyl (C=O) groups is 2. The first-order chi connectivity index (χ1) is 16.4. The summed E-state index contributed by atoms with van der Waals surface area (Å²) >= 11 is 0. The molecule has 0 unspecified atom stereocenters. The molecule has 180 valence electrons. The summed E-state index contributed by atoms with van der Waals surface area (Å²) in [6.45, 7) is 3.99. The Bertz CT molecular complexity index is 1010. The van der Waals surface area contributed by atoms with Crippen LogP contribution in [0.3, 0.4) is 0 Å². The number of esters is 2. The van der Waals surface area contributed by atoms with Crippen LogP contribution < -0.4 is 16.2 Å². The Balaban J connectivity index is 1.40. The van der Waals surface area contributed by atoms with Gasteiger partial charge in [0, 0.05) is 23.9 Å². The molecule has 0 aromatic heterocycles. The highest BCUT2D eigenvalue weighted by atomic mass is 16.5. The standard InChI is InChI=1S/C28H34N2O4/c1-2-3-4-20-5-10-22(11-6-20)28(32)34-25-13-7-21(8-14-25)9-16-27(31)33-18-17-23-19-24(29)12-15-26(23)30/h2,7-9,12-16,19-20,22H,1,3-6,10-11,17-18,29-30H2/b16-9+. The molecule has 34 heavy (non-hydrogen) atoms. The number of carbonyl (C=O) groups excluding carboxylic acids is 2. The average molecular weight is 463 g/mol. The zero-order valence-electron chi connectivity index (χ0n) is 19.6. The largest absolute Gasteiger partial charge is 0.462 e. The number of hydrogen-bond acceptors (Lipinski definition) is 6. The molecule has 0 spiro atoms. The van der Waals surface area contributed by atoms with E-state index >= 15 is 0 Å². The van der Waals surface area contributed by atoms with Gasteiger partial charge >= 0.3 is 11.9 Å². The molecule has 6 nitrogen and oxygen atoms in total. The second-order valence-electron chi connectivity index (χ2n) is 8.78. The van der Waals surface area contributed by atoms with Crippen molar-refractivity contribution in [3.05, 3.63) is 72.3 Å². The zero-order chi connectivity index (χ0) is 24.3. The number of benzene rings is 2. The lowest BCUT2D eigenvalue weighted by Crippen LogP contribution is -2.25. The Morgan fingerprint density at radius 2 is 1.76 bits per heavy atom. The minimum atomic E-state index is -0.443. The fourth-order valence-corrected chi connectivity index (χ4v) is 4.20. The molecular weight excluding hydrogens is 428 g/mol. The van der Waals surface area contributed by atoms with Crippen LogP contribution in [-0.2, 0) is 20.7 Å². The van der Waals surface area contributed by atoms with E-state index in [9.17, 15) is 9.59 Å². The summed E-state index contributed by atoms with van der Waals surface area (Å²) in [5.41, 5.74) is 14.6. The minimum Gasteiger partial charge on any atom is -0.462 e. The predicted octanol–water partition coefficient (Wildman–Crippen LogP) is 5.33. The molecule has 0 atom stereocenters. The molecule has 1 aliphatic carbocycles. The van der Waals surface area contributed by atoms with E-state index in [-0.39, 0.29) is 18.5 Å². The first-order valence-corrected chi connectivity index (χ1v) is 11.9. The van der Waals surface area contributed by atoms with Crippen LogP contribution in [0.25, 0.3) is 6.08 Å². The third-order valence-electron chi connectivity index (χ3n) is 6.25. The summed E-state index contributed by atoms with van der Waals surface area (Å²) in [7, 11) is 0. The zero-order valence-corrected chi connectivity index (χ0v) is 19.6. The molecule has 2 aromatic carbocycles.